The monoisotopic (exact) mass is 310 g/mol. The predicted molar refractivity (Wildman–Crippen MR) is 78.8 cm³/mol. The van der Waals surface area contributed by atoms with Crippen LogP contribution in [-0.4, -0.2) is 31.0 Å². The van der Waals surface area contributed by atoms with E-state index in [2.05, 4.69) is 0 Å². The third-order valence-electron chi connectivity index (χ3n) is 3.57. The van der Waals surface area contributed by atoms with Crippen molar-refractivity contribution in [3.05, 3.63) is 35.2 Å². The number of likely N-dealkylation sites (tertiary alicyclic amines) is 1. The van der Waals surface area contributed by atoms with Gasteiger partial charge in [0.2, 0.25) is 15.9 Å². The molecule has 1 aliphatic heterocycles. The lowest BCUT2D eigenvalue weighted by Crippen LogP contribution is -2.31. The fourth-order valence-corrected chi connectivity index (χ4v) is 4.19. The zero-order valence-electron chi connectivity index (χ0n) is 10.7. The highest BCUT2D eigenvalue weighted by Crippen LogP contribution is 2.28. The van der Waals surface area contributed by atoms with E-state index in [1.54, 1.807) is 16.2 Å². The van der Waals surface area contributed by atoms with Crippen molar-refractivity contribution in [2.45, 2.75) is 18.2 Å². The van der Waals surface area contributed by atoms with Gasteiger partial charge in [0.25, 0.3) is 0 Å². The van der Waals surface area contributed by atoms with Crippen LogP contribution in [0, 0.1) is 0 Å². The van der Waals surface area contributed by atoms with Gasteiger partial charge in [-0.3, -0.25) is 4.79 Å². The molecule has 20 heavy (non-hydrogen) atoms. The van der Waals surface area contributed by atoms with E-state index in [-0.39, 0.29) is 18.9 Å². The first-order valence-electron chi connectivity index (χ1n) is 6.19. The van der Waals surface area contributed by atoms with E-state index in [0.717, 1.165) is 15.6 Å². The molecule has 2 N–H and O–H groups in total. The van der Waals surface area contributed by atoms with Gasteiger partial charge in [-0.2, -0.15) is 0 Å². The molecule has 1 aromatic carbocycles. The Kier molecular flexibility index (Phi) is 3.27. The van der Waals surface area contributed by atoms with Gasteiger partial charge in [0, 0.05) is 24.2 Å². The number of primary sulfonamides is 1. The summed E-state index contributed by atoms with van der Waals surface area (Å²) in [5, 5.41) is 7.48. The summed E-state index contributed by atoms with van der Waals surface area (Å²) in [6.45, 7) is 0.622. The van der Waals surface area contributed by atoms with E-state index < -0.39 is 15.3 Å². The lowest BCUT2D eigenvalue weighted by molar-refractivity contribution is -0.128. The van der Waals surface area contributed by atoms with E-state index in [1.165, 1.54) is 0 Å². The van der Waals surface area contributed by atoms with Gasteiger partial charge < -0.3 is 4.90 Å². The van der Waals surface area contributed by atoms with Crippen molar-refractivity contribution in [3.63, 3.8) is 0 Å². The fraction of sp³-hybridized carbons (Fsp3) is 0.308. The molecule has 3 rings (SSSR count). The van der Waals surface area contributed by atoms with Gasteiger partial charge in [0.05, 0.1) is 0 Å². The molecular weight excluding hydrogens is 296 g/mol. The first kappa shape index (κ1) is 13.5. The number of benzene rings is 1. The number of sulfonamides is 1. The second kappa shape index (κ2) is 4.83. The molecule has 7 heteroatoms. The quantitative estimate of drug-likeness (QED) is 0.927. The van der Waals surface area contributed by atoms with Gasteiger partial charge in [-0.25, -0.2) is 13.6 Å². The predicted octanol–water partition coefficient (Wildman–Crippen LogP) is 1.29. The summed E-state index contributed by atoms with van der Waals surface area (Å²) in [6, 6.07) is 7.97. The molecule has 5 nitrogen and oxygen atoms in total. The van der Waals surface area contributed by atoms with Crippen LogP contribution >= 0.6 is 11.3 Å². The van der Waals surface area contributed by atoms with Crippen molar-refractivity contribution in [1.29, 1.82) is 0 Å². The second-order valence-corrected chi connectivity index (χ2v) is 7.70. The highest BCUT2D eigenvalue weighted by Gasteiger charge is 2.36. The summed E-state index contributed by atoms with van der Waals surface area (Å²) >= 11 is 1.62. The van der Waals surface area contributed by atoms with Crippen LogP contribution in [0.15, 0.2) is 29.6 Å². The Labute approximate surface area is 121 Å². The molecule has 1 aliphatic rings. The molecule has 1 saturated heterocycles. The van der Waals surface area contributed by atoms with E-state index in [1.807, 2.05) is 29.6 Å². The molecular formula is C13H14N2O3S2. The Balaban J connectivity index is 1.83. The molecule has 1 atom stereocenters. The van der Waals surface area contributed by atoms with Gasteiger partial charge in [-0.1, -0.05) is 18.2 Å². The minimum atomic E-state index is -3.65. The Morgan fingerprint density at radius 2 is 2.10 bits per heavy atom. The van der Waals surface area contributed by atoms with E-state index in [0.29, 0.717) is 6.54 Å². The molecule has 1 unspecified atom stereocenters. The third kappa shape index (κ3) is 2.44. The van der Waals surface area contributed by atoms with Crippen LogP contribution in [0.3, 0.4) is 0 Å². The number of carbonyl (C=O) groups is 1. The third-order valence-corrected chi connectivity index (χ3v) is 5.82. The molecule has 0 radical (unpaired) electrons. The first-order chi connectivity index (χ1) is 9.45. The normalized spacial score (nSPS) is 19.9. The van der Waals surface area contributed by atoms with Crippen molar-refractivity contribution in [2.24, 2.45) is 5.14 Å². The summed E-state index contributed by atoms with van der Waals surface area (Å²) in [7, 11) is -3.65. The average molecular weight is 310 g/mol. The highest BCUT2D eigenvalue weighted by atomic mass is 32.2. The van der Waals surface area contributed by atoms with Gasteiger partial charge >= 0.3 is 0 Å². The molecule has 0 bridgehead atoms. The molecule has 0 saturated carbocycles. The number of rotatable bonds is 3. The smallest absolute Gasteiger partial charge is 0.224 e. The molecule has 106 valence electrons. The standard InChI is InChI=1S/C13H14N2O3S2/c14-20(17,18)10-5-13(16)15(7-10)6-9-8-19-12-4-2-1-3-11(9)12/h1-4,8,10H,5-7H2,(H2,14,17,18). The number of hydrogen-bond acceptors (Lipinski definition) is 4. The summed E-state index contributed by atoms with van der Waals surface area (Å²) in [5.74, 6) is -0.153. The molecule has 1 fully saturated rings. The summed E-state index contributed by atoms with van der Waals surface area (Å²) < 4.78 is 23.8. The van der Waals surface area contributed by atoms with Gasteiger partial charge in [-0.15, -0.1) is 11.3 Å². The van der Waals surface area contributed by atoms with Crippen LogP contribution in [0.4, 0.5) is 0 Å². The number of hydrogen-bond donors (Lipinski definition) is 1. The van der Waals surface area contributed by atoms with Gasteiger partial charge in [0.1, 0.15) is 5.25 Å². The van der Waals surface area contributed by atoms with Crippen molar-refractivity contribution in [2.75, 3.05) is 6.54 Å². The maximum absolute atomic E-state index is 11.9. The van der Waals surface area contributed by atoms with Crippen LogP contribution in [0.1, 0.15) is 12.0 Å². The van der Waals surface area contributed by atoms with Crippen LogP contribution < -0.4 is 5.14 Å². The molecule has 2 heterocycles. The minimum absolute atomic E-state index is 0.0130. The molecule has 2 aromatic rings. The number of amides is 1. The lowest BCUT2D eigenvalue weighted by Gasteiger charge is -2.15. The van der Waals surface area contributed by atoms with Crippen LogP contribution in [-0.2, 0) is 21.4 Å². The number of carbonyl (C=O) groups excluding carboxylic acids is 1. The Morgan fingerprint density at radius 1 is 1.35 bits per heavy atom. The largest absolute Gasteiger partial charge is 0.337 e. The summed E-state index contributed by atoms with van der Waals surface area (Å²) in [5.41, 5.74) is 1.05. The van der Waals surface area contributed by atoms with E-state index in [9.17, 15) is 13.2 Å². The molecule has 0 spiro atoms. The van der Waals surface area contributed by atoms with Crippen LogP contribution in [0.25, 0.3) is 10.1 Å². The number of thiophene rings is 1. The SMILES string of the molecule is NS(=O)(=O)C1CC(=O)N(Cc2csc3ccccc23)C1. The second-order valence-electron chi connectivity index (χ2n) is 4.95. The summed E-state index contributed by atoms with van der Waals surface area (Å²) in [6.07, 6.45) is -0.0130. The van der Waals surface area contributed by atoms with E-state index >= 15 is 0 Å². The molecule has 1 aromatic heterocycles. The summed E-state index contributed by atoms with van der Waals surface area (Å²) in [4.78, 5) is 13.5. The maximum Gasteiger partial charge on any atom is 0.224 e. The Hall–Kier alpha value is -1.44. The number of nitrogens with zero attached hydrogens (tertiary/aromatic N) is 1. The van der Waals surface area contributed by atoms with Crippen molar-refractivity contribution < 1.29 is 13.2 Å². The minimum Gasteiger partial charge on any atom is -0.337 e. The van der Waals surface area contributed by atoms with Crippen molar-refractivity contribution in [1.82, 2.24) is 4.90 Å². The van der Waals surface area contributed by atoms with Crippen molar-refractivity contribution >= 4 is 37.4 Å². The number of nitrogens with two attached hydrogens (primary N) is 1. The topological polar surface area (TPSA) is 80.5 Å². The van der Waals surface area contributed by atoms with Crippen LogP contribution in [0.2, 0.25) is 0 Å². The van der Waals surface area contributed by atoms with E-state index in [4.69, 9.17) is 5.14 Å². The number of fused-ring (bicyclic) bond motifs is 1. The van der Waals surface area contributed by atoms with Gasteiger partial charge in [0.15, 0.2) is 0 Å². The first-order valence-corrected chi connectivity index (χ1v) is 8.68. The lowest BCUT2D eigenvalue weighted by atomic mass is 10.2. The van der Waals surface area contributed by atoms with Crippen LogP contribution in [0.5, 0.6) is 0 Å². The Morgan fingerprint density at radius 3 is 2.80 bits per heavy atom. The zero-order chi connectivity index (χ0) is 14.3. The zero-order valence-corrected chi connectivity index (χ0v) is 12.3. The van der Waals surface area contributed by atoms with Gasteiger partial charge in [-0.05, 0) is 22.4 Å². The highest BCUT2D eigenvalue weighted by molar-refractivity contribution is 7.89. The Bertz CT molecular complexity index is 767. The fourth-order valence-electron chi connectivity index (χ4n) is 2.47. The average Bonchev–Trinajstić information content (AvgIpc) is 2.95. The van der Waals surface area contributed by atoms with Crippen molar-refractivity contribution in [3.8, 4) is 0 Å². The molecule has 0 aliphatic carbocycles. The molecule has 1 amide bonds. The maximum atomic E-state index is 11.9.